The van der Waals surface area contributed by atoms with Crippen molar-refractivity contribution in [2.24, 2.45) is 0 Å². The largest absolute Gasteiger partial charge is 0.356 e. The zero-order valence-corrected chi connectivity index (χ0v) is 13.1. The van der Waals surface area contributed by atoms with Crippen LogP contribution in [0.25, 0.3) is 0 Å². The molecule has 0 amide bonds. The van der Waals surface area contributed by atoms with Gasteiger partial charge in [0.1, 0.15) is 18.0 Å². The molecule has 0 aliphatic heterocycles. The lowest BCUT2D eigenvalue weighted by Gasteiger charge is -2.22. The SMILES string of the molecule is CCCN(CCC)c1cc(Nc2ccccc2C)ncn1. The van der Waals surface area contributed by atoms with E-state index in [1.807, 2.05) is 18.2 Å². The standard InChI is InChI=1S/C17H24N4/c1-4-10-21(11-5-2)17-12-16(18-13-19-17)20-15-9-7-6-8-14(15)3/h6-9,12-13H,4-5,10-11H2,1-3H3,(H,18,19,20). The minimum atomic E-state index is 0.839. The predicted octanol–water partition coefficient (Wildman–Crippen LogP) is 4.16. The highest BCUT2D eigenvalue weighted by molar-refractivity contribution is 5.62. The second-order valence-corrected chi connectivity index (χ2v) is 5.19. The maximum Gasteiger partial charge on any atom is 0.135 e. The first-order valence-corrected chi connectivity index (χ1v) is 7.64. The molecule has 0 saturated carbocycles. The number of nitrogens with one attached hydrogen (secondary N) is 1. The van der Waals surface area contributed by atoms with Crippen LogP contribution in [0.15, 0.2) is 36.7 Å². The van der Waals surface area contributed by atoms with Crippen molar-refractivity contribution >= 4 is 17.3 Å². The third-order valence-electron chi connectivity index (χ3n) is 3.37. The highest BCUT2D eigenvalue weighted by Crippen LogP contribution is 2.21. The molecule has 2 aromatic rings. The Morgan fingerprint density at radius 1 is 1.05 bits per heavy atom. The molecule has 1 aromatic carbocycles. The zero-order chi connectivity index (χ0) is 15.1. The van der Waals surface area contributed by atoms with Crippen LogP contribution in [0.1, 0.15) is 32.3 Å². The van der Waals surface area contributed by atoms with E-state index < -0.39 is 0 Å². The van der Waals surface area contributed by atoms with Crippen LogP contribution in [-0.4, -0.2) is 23.1 Å². The molecule has 0 radical (unpaired) electrons. The molecule has 0 unspecified atom stereocenters. The molecule has 4 nitrogen and oxygen atoms in total. The third-order valence-corrected chi connectivity index (χ3v) is 3.37. The topological polar surface area (TPSA) is 41.0 Å². The Labute approximate surface area is 127 Å². The van der Waals surface area contributed by atoms with Crippen LogP contribution in [0.2, 0.25) is 0 Å². The van der Waals surface area contributed by atoms with E-state index in [0.29, 0.717) is 0 Å². The molecule has 1 heterocycles. The number of rotatable bonds is 7. The molecule has 0 spiro atoms. The van der Waals surface area contributed by atoms with Crippen LogP contribution >= 0.6 is 0 Å². The molecule has 2 rings (SSSR count). The van der Waals surface area contributed by atoms with Gasteiger partial charge in [-0.1, -0.05) is 32.0 Å². The van der Waals surface area contributed by atoms with Gasteiger partial charge in [-0.15, -0.1) is 0 Å². The third kappa shape index (κ3) is 4.18. The molecular weight excluding hydrogens is 260 g/mol. The van der Waals surface area contributed by atoms with Gasteiger partial charge >= 0.3 is 0 Å². The van der Waals surface area contributed by atoms with Crippen molar-refractivity contribution in [2.75, 3.05) is 23.3 Å². The molecule has 0 atom stereocenters. The van der Waals surface area contributed by atoms with Crippen molar-refractivity contribution in [3.8, 4) is 0 Å². The quantitative estimate of drug-likeness (QED) is 0.829. The zero-order valence-electron chi connectivity index (χ0n) is 13.1. The predicted molar refractivity (Wildman–Crippen MR) is 89.3 cm³/mol. The molecule has 112 valence electrons. The summed E-state index contributed by atoms with van der Waals surface area (Å²) >= 11 is 0. The van der Waals surface area contributed by atoms with Gasteiger partial charge in [-0.3, -0.25) is 0 Å². The van der Waals surface area contributed by atoms with Gasteiger partial charge in [0, 0.05) is 24.8 Å². The average molecular weight is 284 g/mol. The highest BCUT2D eigenvalue weighted by Gasteiger charge is 2.08. The monoisotopic (exact) mass is 284 g/mol. The molecule has 0 bridgehead atoms. The van der Waals surface area contributed by atoms with Gasteiger partial charge in [0.05, 0.1) is 0 Å². The lowest BCUT2D eigenvalue weighted by molar-refractivity contribution is 0.733. The van der Waals surface area contributed by atoms with E-state index in [1.54, 1.807) is 6.33 Å². The van der Waals surface area contributed by atoms with E-state index in [1.165, 1.54) is 5.56 Å². The van der Waals surface area contributed by atoms with Crippen LogP contribution < -0.4 is 10.2 Å². The maximum atomic E-state index is 4.42. The Morgan fingerprint density at radius 2 is 1.76 bits per heavy atom. The number of nitrogens with zero attached hydrogens (tertiary/aromatic N) is 3. The second-order valence-electron chi connectivity index (χ2n) is 5.19. The van der Waals surface area contributed by atoms with Crippen LogP contribution in [0.5, 0.6) is 0 Å². The summed E-state index contributed by atoms with van der Waals surface area (Å²) in [6.07, 6.45) is 3.86. The number of hydrogen-bond donors (Lipinski definition) is 1. The number of para-hydroxylation sites is 1. The number of benzene rings is 1. The Hall–Kier alpha value is -2.10. The highest BCUT2D eigenvalue weighted by atomic mass is 15.2. The lowest BCUT2D eigenvalue weighted by Crippen LogP contribution is -2.25. The summed E-state index contributed by atoms with van der Waals surface area (Å²) in [5.41, 5.74) is 2.29. The van der Waals surface area contributed by atoms with Gasteiger partial charge in [-0.25, -0.2) is 9.97 Å². The Balaban J connectivity index is 2.18. The average Bonchev–Trinajstić information content (AvgIpc) is 2.50. The summed E-state index contributed by atoms with van der Waals surface area (Å²) in [5, 5.41) is 3.37. The van der Waals surface area contributed by atoms with Crippen molar-refractivity contribution in [2.45, 2.75) is 33.6 Å². The van der Waals surface area contributed by atoms with Crippen molar-refractivity contribution in [3.63, 3.8) is 0 Å². The van der Waals surface area contributed by atoms with Gasteiger partial charge < -0.3 is 10.2 Å². The van der Waals surface area contributed by atoms with E-state index in [0.717, 1.165) is 43.3 Å². The summed E-state index contributed by atoms with van der Waals surface area (Å²) < 4.78 is 0. The molecule has 4 heteroatoms. The summed E-state index contributed by atoms with van der Waals surface area (Å²) in [5.74, 6) is 1.83. The first kappa shape index (κ1) is 15.3. The number of aryl methyl sites for hydroxylation is 1. The molecule has 21 heavy (non-hydrogen) atoms. The number of aromatic nitrogens is 2. The molecule has 0 saturated heterocycles. The van der Waals surface area contributed by atoms with E-state index >= 15 is 0 Å². The number of hydrogen-bond acceptors (Lipinski definition) is 4. The van der Waals surface area contributed by atoms with Gasteiger partial charge in [0.2, 0.25) is 0 Å². The normalized spacial score (nSPS) is 10.4. The van der Waals surface area contributed by atoms with E-state index in [-0.39, 0.29) is 0 Å². The van der Waals surface area contributed by atoms with Crippen molar-refractivity contribution in [3.05, 3.63) is 42.2 Å². The van der Waals surface area contributed by atoms with Crippen LogP contribution in [-0.2, 0) is 0 Å². The maximum absolute atomic E-state index is 4.42. The van der Waals surface area contributed by atoms with E-state index in [4.69, 9.17) is 0 Å². The minimum absolute atomic E-state index is 0.839. The van der Waals surface area contributed by atoms with E-state index in [2.05, 4.69) is 53.1 Å². The summed E-state index contributed by atoms with van der Waals surface area (Å²) in [6.45, 7) is 8.51. The second kappa shape index (κ2) is 7.62. The van der Waals surface area contributed by atoms with Crippen molar-refractivity contribution in [1.29, 1.82) is 0 Å². The minimum Gasteiger partial charge on any atom is -0.356 e. The molecule has 0 aliphatic carbocycles. The van der Waals surface area contributed by atoms with Gasteiger partial charge in [0.25, 0.3) is 0 Å². The van der Waals surface area contributed by atoms with Crippen LogP contribution in [0, 0.1) is 6.92 Å². The fourth-order valence-electron chi connectivity index (χ4n) is 2.32. The molecular formula is C17H24N4. The molecule has 1 N–H and O–H groups in total. The molecule has 0 aliphatic rings. The van der Waals surface area contributed by atoms with Crippen molar-refractivity contribution in [1.82, 2.24) is 9.97 Å². The Morgan fingerprint density at radius 3 is 2.43 bits per heavy atom. The molecule has 1 aromatic heterocycles. The Kier molecular flexibility index (Phi) is 5.55. The fraction of sp³-hybridized carbons (Fsp3) is 0.412. The molecule has 0 fully saturated rings. The first-order valence-electron chi connectivity index (χ1n) is 7.64. The Bertz CT molecular complexity index is 562. The van der Waals surface area contributed by atoms with E-state index in [9.17, 15) is 0 Å². The summed E-state index contributed by atoms with van der Waals surface area (Å²) in [6, 6.07) is 10.2. The smallest absolute Gasteiger partial charge is 0.135 e. The van der Waals surface area contributed by atoms with Gasteiger partial charge in [-0.05, 0) is 31.4 Å². The summed E-state index contributed by atoms with van der Waals surface area (Å²) in [4.78, 5) is 11.1. The number of anilines is 3. The fourth-order valence-corrected chi connectivity index (χ4v) is 2.32. The van der Waals surface area contributed by atoms with Crippen molar-refractivity contribution < 1.29 is 0 Å². The van der Waals surface area contributed by atoms with Crippen LogP contribution in [0.3, 0.4) is 0 Å². The summed E-state index contributed by atoms with van der Waals surface area (Å²) in [7, 11) is 0. The van der Waals surface area contributed by atoms with Gasteiger partial charge in [-0.2, -0.15) is 0 Å². The first-order chi connectivity index (χ1) is 10.2. The lowest BCUT2D eigenvalue weighted by atomic mass is 10.2. The van der Waals surface area contributed by atoms with Gasteiger partial charge in [0.15, 0.2) is 0 Å². The van der Waals surface area contributed by atoms with Crippen LogP contribution in [0.4, 0.5) is 17.3 Å².